The summed E-state index contributed by atoms with van der Waals surface area (Å²) in [7, 11) is 0. The second-order valence-corrected chi connectivity index (χ2v) is 3.70. The first-order valence-electron chi connectivity index (χ1n) is 4.01. The van der Waals surface area contributed by atoms with Gasteiger partial charge in [-0.3, -0.25) is 10.1 Å². The average molecular weight is 258 g/mol. The standard InChI is InChI=1S/C9H8BrNO3/c10-8-4-7(2-1-3-12)5-9(6-8)11(13)14/h3-6H,1-2H2. The van der Waals surface area contributed by atoms with Gasteiger partial charge in [-0.05, 0) is 18.1 Å². The lowest BCUT2D eigenvalue weighted by molar-refractivity contribution is -0.385. The molecule has 0 radical (unpaired) electrons. The highest BCUT2D eigenvalue weighted by atomic mass is 79.9. The van der Waals surface area contributed by atoms with Crippen LogP contribution in [0.1, 0.15) is 12.0 Å². The van der Waals surface area contributed by atoms with Gasteiger partial charge in [-0.25, -0.2) is 0 Å². The molecule has 0 saturated heterocycles. The molecule has 0 unspecified atom stereocenters. The Kier molecular flexibility index (Phi) is 3.76. The van der Waals surface area contributed by atoms with Crippen molar-refractivity contribution in [3.63, 3.8) is 0 Å². The van der Waals surface area contributed by atoms with Crippen molar-refractivity contribution in [1.82, 2.24) is 0 Å². The number of hydrogen-bond acceptors (Lipinski definition) is 3. The molecule has 14 heavy (non-hydrogen) atoms. The molecule has 0 atom stereocenters. The number of nitro groups is 1. The van der Waals surface area contributed by atoms with Crippen molar-refractivity contribution in [2.24, 2.45) is 0 Å². The van der Waals surface area contributed by atoms with Gasteiger partial charge >= 0.3 is 0 Å². The highest BCUT2D eigenvalue weighted by Crippen LogP contribution is 2.21. The van der Waals surface area contributed by atoms with Crippen LogP contribution < -0.4 is 0 Å². The average Bonchev–Trinajstić information content (AvgIpc) is 2.14. The second-order valence-electron chi connectivity index (χ2n) is 2.78. The number of benzene rings is 1. The number of carbonyl (C=O) groups is 1. The zero-order valence-electron chi connectivity index (χ0n) is 7.27. The highest BCUT2D eigenvalue weighted by molar-refractivity contribution is 9.10. The number of nitrogens with zero attached hydrogens (tertiary/aromatic N) is 1. The van der Waals surface area contributed by atoms with E-state index in [-0.39, 0.29) is 5.69 Å². The van der Waals surface area contributed by atoms with E-state index < -0.39 is 4.92 Å². The lowest BCUT2D eigenvalue weighted by Gasteiger charge is -1.99. The number of rotatable bonds is 4. The van der Waals surface area contributed by atoms with E-state index in [0.717, 1.165) is 11.8 Å². The molecule has 5 heteroatoms. The molecule has 0 fully saturated rings. The van der Waals surface area contributed by atoms with Crippen molar-refractivity contribution in [2.75, 3.05) is 0 Å². The van der Waals surface area contributed by atoms with E-state index >= 15 is 0 Å². The zero-order chi connectivity index (χ0) is 10.6. The minimum Gasteiger partial charge on any atom is -0.303 e. The van der Waals surface area contributed by atoms with Crippen LogP contribution in [0.2, 0.25) is 0 Å². The van der Waals surface area contributed by atoms with Crippen LogP contribution in [-0.2, 0) is 11.2 Å². The summed E-state index contributed by atoms with van der Waals surface area (Å²) in [6, 6.07) is 4.69. The van der Waals surface area contributed by atoms with Gasteiger partial charge in [0.1, 0.15) is 6.29 Å². The molecule has 0 heterocycles. The Bertz CT molecular complexity index is 365. The topological polar surface area (TPSA) is 60.2 Å². The van der Waals surface area contributed by atoms with E-state index in [1.165, 1.54) is 12.1 Å². The normalized spacial score (nSPS) is 9.79. The van der Waals surface area contributed by atoms with E-state index in [4.69, 9.17) is 0 Å². The summed E-state index contributed by atoms with van der Waals surface area (Å²) in [5.74, 6) is 0. The number of aryl methyl sites for hydroxylation is 1. The summed E-state index contributed by atoms with van der Waals surface area (Å²) >= 11 is 3.18. The summed E-state index contributed by atoms with van der Waals surface area (Å²) in [5, 5.41) is 10.5. The molecule has 0 N–H and O–H groups in total. The number of non-ortho nitro benzene ring substituents is 1. The third-order valence-electron chi connectivity index (χ3n) is 1.70. The second kappa shape index (κ2) is 4.85. The quantitative estimate of drug-likeness (QED) is 0.473. The lowest BCUT2D eigenvalue weighted by atomic mass is 10.1. The maximum atomic E-state index is 10.5. The Labute approximate surface area is 89.2 Å². The molecule has 1 aromatic rings. The third-order valence-corrected chi connectivity index (χ3v) is 2.16. The molecular formula is C9H8BrNO3. The van der Waals surface area contributed by atoms with Crippen molar-refractivity contribution in [3.8, 4) is 0 Å². The highest BCUT2D eigenvalue weighted by Gasteiger charge is 2.07. The summed E-state index contributed by atoms with van der Waals surface area (Å²) < 4.78 is 0.660. The predicted octanol–water partition coefficient (Wildman–Crippen LogP) is 2.49. The monoisotopic (exact) mass is 257 g/mol. The van der Waals surface area contributed by atoms with Gasteiger partial charge in [-0.1, -0.05) is 15.9 Å². The maximum Gasteiger partial charge on any atom is 0.270 e. The molecule has 74 valence electrons. The molecule has 1 rings (SSSR count). The molecule has 0 aliphatic heterocycles. The molecule has 0 spiro atoms. The number of nitro benzene ring substituents is 1. The van der Waals surface area contributed by atoms with Crippen molar-refractivity contribution >= 4 is 27.9 Å². The Balaban J connectivity index is 2.94. The molecule has 0 aliphatic carbocycles. The molecule has 0 aromatic heterocycles. The smallest absolute Gasteiger partial charge is 0.270 e. The maximum absolute atomic E-state index is 10.5. The van der Waals surface area contributed by atoms with Crippen molar-refractivity contribution in [2.45, 2.75) is 12.8 Å². The van der Waals surface area contributed by atoms with Crippen LogP contribution in [0, 0.1) is 10.1 Å². The van der Waals surface area contributed by atoms with E-state index in [9.17, 15) is 14.9 Å². The van der Waals surface area contributed by atoms with Gasteiger partial charge in [0.05, 0.1) is 4.92 Å². The zero-order valence-corrected chi connectivity index (χ0v) is 8.86. The largest absolute Gasteiger partial charge is 0.303 e. The van der Waals surface area contributed by atoms with Gasteiger partial charge < -0.3 is 4.79 Å². The number of halogens is 1. The van der Waals surface area contributed by atoms with Gasteiger partial charge in [-0.15, -0.1) is 0 Å². The van der Waals surface area contributed by atoms with Crippen molar-refractivity contribution in [1.29, 1.82) is 0 Å². The Morgan fingerprint density at radius 3 is 2.71 bits per heavy atom. The van der Waals surface area contributed by atoms with Crippen LogP contribution >= 0.6 is 15.9 Å². The molecule has 4 nitrogen and oxygen atoms in total. The molecule has 0 amide bonds. The van der Waals surface area contributed by atoms with Gasteiger partial charge in [0.2, 0.25) is 0 Å². The molecule has 0 saturated carbocycles. The molecule has 0 bridgehead atoms. The van der Waals surface area contributed by atoms with Gasteiger partial charge in [0.25, 0.3) is 5.69 Å². The van der Waals surface area contributed by atoms with Crippen LogP contribution in [0.4, 0.5) is 5.69 Å². The van der Waals surface area contributed by atoms with Gasteiger partial charge in [0, 0.05) is 23.0 Å². The fourth-order valence-corrected chi connectivity index (χ4v) is 1.64. The van der Waals surface area contributed by atoms with Crippen LogP contribution in [-0.4, -0.2) is 11.2 Å². The first-order chi connectivity index (χ1) is 6.63. The van der Waals surface area contributed by atoms with Crippen LogP contribution in [0.3, 0.4) is 0 Å². The van der Waals surface area contributed by atoms with Crippen molar-refractivity contribution < 1.29 is 9.72 Å². The number of carbonyl (C=O) groups excluding carboxylic acids is 1. The Morgan fingerprint density at radius 2 is 2.14 bits per heavy atom. The first kappa shape index (κ1) is 10.8. The third kappa shape index (κ3) is 2.92. The summed E-state index contributed by atoms with van der Waals surface area (Å²) in [6.07, 6.45) is 1.71. The fraction of sp³-hybridized carbons (Fsp3) is 0.222. The lowest BCUT2D eigenvalue weighted by Crippen LogP contribution is -1.92. The van der Waals surface area contributed by atoms with E-state index in [2.05, 4.69) is 15.9 Å². The molecular weight excluding hydrogens is 250 g/mol. The Hall–Kier alpha value is -1.23. The number of hydrogen-bond donors (Lipinski definition) is 0. The summed E-state index contributed by atoms with van der Waals surface area (Å²) in [4.78, 5) is 20.2. The number of aldehydes is 1. The summed E-state index contributed by atoms with van der Waals surface area (Å²) in [6.45, 7) is 0. The van der Waals surface area contributed by atoms with E-state index in [1.54, 1.807) is 6.07 Å². The van der Waals surface area contributed by atoms with Crippen LogP contribution in [0.25, 0.3) is 0 Å². The van der Waals surface area contributed by atoms with Gasteiger partial charge in [0.15, 0.2) is 0 Å². The minimum atomic E-state index is -0.449. The first-order valence-corrected chi connectivity index (χ1v) is 4.80. The van der Waals surface area contributed by atoms with E-state index in [1.807, 2.05) is 0 Å². The molecule has 0 aliphatic rings. The summed E-state index contributed by atoms with van der Waals surface area (Å²) in [5.41, 5.74) is 0.832. The SMILES string of the molecule is O=CCCc1cc(Br)cc([N+](=O)[O-])c1. The minimum absolute atomic E-state index is 0.0419. The fourth-order valence-electron chi connectivity index (χ4n) is 1.11. The van der Waals surface area contributed by atoms with Gasteiger partial charge in [-0.2, -0.15) is 0 Å². The molecule has 1 aromatic carbocycles. The Morgan fingerprint density at radius 1 is 1.43 bits per heavy atom. The van der Waals surface area contributed by atoms with Crippen molar-refractivity contribution in [3.05, 3.63) is 38.3 Å². The van der Waals surface area contributed by atoms with E-state index in [0.29, 0.717) is 17.3 Å². The van der Waals surface area contributed by atoms with Crippen LogP contribution in [0.5, 0.6) is 0 Å². The van der Waals surface area contributed by atoms with Crippen LogP contribution in [0.15, 0.2) is 22.7 Å². The predicted molar refractivity (Wildman–Crippen MR) is 55.2 cm³/mol.